The van der Waals surface area contributed by atoms with E-state index in [1.165, 1.54) is 12.3 Å². The van der Waals surface area contributed by atoms with Crippen LogP contribution in [0.15, 0.2) is 23.4 Å². The van der Waals surface area contributed by atoms with Gasteiger partial charge in [-0.3, -0.25) is 0 Å². The molecule has 0 spiro atoms. The molecule has 0 saturated heterocycles. The molecule has 0 amide bonds. The van der Waals surface area contributed by atoms with E-state index in [-0.39, 0.29) is 11.1 Å². The zero-order valence-electron chi connectivity index (χ0n) is 9.10. The number of ether oxygens (including phenoxy) is 1. The van der Waals surface area contributed by atoms with Crippen LogP contribution in [0.5, 0.6) is 5.75 Å². The Bertz CT molecular complexity index is 411. The van der Waals surface area contributed by atoms with Crippen molar-refractivity contribution in [3.05, 3.63) is 18.3 Å². The number of sulfone groups is 1. The Morgan fingerprint density at radius 2 is 2.13 bits per heavy atom. The van der Waals surface area contributed by atoms with Gasteiger partial charge in [-0.15, -0.1) is 0 Å². The predicted molar refractivity (Wildman–Crippen MR) is 57.7 cm³/mol. The fraction of sp³-hybridized carbons (Fsp3) is 0.500. The lowest BCUT2D eigenvalue weighted by Gasteiger charge is -2.11. The van der Waals surface area contributed by atoms with Gasteiger partial charge in [-0.25, -0.2) is 13.4 Å². The highest BCUT2D eigenvalue weighted by atomic mass is 32.2. The third-order valence-electron chi connectivity index (χ3n) is 2.00. The first-order chi connectivity index (χ1) is 6.93. The molecule has 1 rings (SSSR count). The number of rotatable bonds is 4. The maximum Gasteiger partial charge on any atom is 0.192 e. The van der Waals surface area contributed by atoms with E-state index in [1.807, 2.05) is 13.8 Å². The molecule has 84 valence electrons. The Morgan fingerprint density at radius 1 is 1.47 bits per heavy atom. The average Bonchev–Trinajstić information content (AvgIpc) is 2.17. The van der Waals surface area contributed by atoms with E-state index in [0.717, 1.165) is 12.7 Å². The maximum absolute atomic E-state index is 11.1. The Morgan fingerprint density at radius 3 is 2.53 bits per heavy atom. The molecule has 0 bridgehead atoms. The zero-order valence-corrected chi connectivity index (χ0v) is 9.91. The molecule has 5 heteroatoms. The number of hydrogen-bond donors (Lipinski definition) is 0. The van der Waals surface area contributed by atoms with Crippen LogP contribution in [-0.2, 0) is 9.84 Å². The van der Waals surface area contributed by atoms with Crippen molar-refractivity contribution in [1.29, 1.82) is 0 Å². The Hall–Kier alpha value is -1.10. The second-order valence-electron chi connectivity index (χ2n) is 3.44. The van der Waals surface area contributed by atoms with E-state index in [4.69, 9.17) is 4.74 Å². The predicted octanol–water partition coefficient (Wildman–Crippen LogP) is 1.66. The summed E-state index contributed by atoms with van der Waals surface area (Å²) in [5.74, 6) is 0.594. The summed E-state index contributed by atoms with van der Waals surface area (Å²) in [7, 11) is -3.22. The van der Waals surface area contributed by atoms with Crippen LogP contribution in [0.4, 0.5) is 0 Å². The molecule has 1 heterocycles. The lowest BCUT2D eigenvalue weighted by Crippen LogP contribution is -2.10. The molecule has 0 aliphatic heterocycles. The van der Waals surface area contributed by atoms with Crippen LogP contribution in [0.1, 0.15) is 20.3 Å². The van der Waals surface area contributed by atoms with Crippen molar-refractivity contribution in [2.75, 3.05) is 6.26 Å². The van der Waals surface area contributed by atoms with Crippen LogP contribution in [0, 0.1) is 0 Å². The van der Waals surface area contributed by atoms with Crippen molar-refractivity contribution in [2.24, 2.45) is 0 Å². The molecule has 1 atom stereocenters. The van der Waals surface area contributed by atoms with Crippen LogP contribution < -0.4 is 4.74 Å². The molecule has 0 aliphatic carbocycles. The number of hydrogen-bond acceptors (Lipinski definition) is 4. The molecule has 1 aromatic heterocycles. The van der Waals surface area contributed by atoms with Gasteiger partial charge in [0, 0.05) is 6.26 Å². The summed E-state index contributed by atoms with van der Waals surface area (Å²) in [5.41, 5.74) is 0. The molecule has 1 unspecified atom stereocenters. The summed E-state index contributed by atoms with van der Waals surface area (Å²) in [4.78, 5) is 3.82. The van der Waals surface area contributed by atoms with Gasteiger partial charge < -0.3 is 4.74 Å². The third-order valence-corrected chi connectivity index (χ3v) is 3.00. The van der Waals surface area contributed by atoms with E-state index in [9.17, 15) is 8.42 Å². The lowest BCUT2D eigenvalue weighted by molar-refractivity contribution is 0.216. The summed E-state index contributed by atoms with van der Waals surface area (Å²) in [6.07, 6.45) is 3.57. The van der Waals surface area contributed by atoms with E-state index in [1.54, 1.807) is 6.07 Å². The fourth-order valence-corrected chi connectivity index (χ4v) is 1.53. The van der Waals surface area contributed by atoms with Gasteiger partial charge in [0.25, 0.3) is 0 Å². The van der Waals surface area contributed by atoms with Gasteiger partial charge in [0.1, 0.15) is 5.75 Å². The largest absolute Gasteiger partial charge is 0.489 e. The molecule has 0 saturated carbocycles. The highest BCUT2D eigenvalue weighted by molar-refractivity contribution is 7.90. The van der Waals surface area contributed by atoms with Crippen LogP contribution in [0.25, 0.3) is 0 Å². The smallest absolute Gasteiger partial charge is 0.192 e. The standard InChI is InChI=1S/C10H15NO3S/c1-4-8(2)14-9-5-6-10(11-7-9)15(3,12)13/h5-8H,4H2,1-3H3. The molecule has 1 aromatic rings. The monoisotopic (exact) mass is 229 g/mol. The van der Waals surface area contributed by atoms with Gasteiger partial charge in [-0.05, 0) is 25.5 Å². The van der Waals surface area contributed by atoms with Crippen molar-refractivity contribution >= 4 is 9.84 Å². The van der Waals surface area contributed by atoms with Gasteiger partial charge in [0.2, 0.25) is 0 Å². The third kappa shape index (κ3) is 3.51. The van der Waals surface area contributed by atoms with Crippen molar-refractivity contribution in [3.8, 4) is 5.75 Å². The van der Waals surface area contributed by atoms with E-state index in [0.29, 0.717) is 5.75 Å². The summed E-state index contributed by atoms with van der Waals surface area (Å²) in [6.45, 7) is 3.97. The molecule has 0 fully saturated rings. The van der Waals surface area contributed by atoms with Crippen molar-refractivity contribution in [1.82, 2.24) is 4.98 Å². The number of nitrogens with zero attached hydrogens (tertiary/aromatic N) is 1. The minimum absolute atomic E-state index is 0.0685. The summed E-state index contributed by atoms with van der Waals surface area (Å²) in [6, 6.07) is 3.07. The van der Waals surface area contributed by atoms with E-state index < -0.39 is 9.84 Å². The number of pyridine rings is 1. The van der Waals surface area contributed by atoms with E-state index in [2.05, 4.69) is 4.98 Å². The lowest BCUT2D eigenvalue weighted by atomic mass is 10.3. The molecule has 0 radical (unpaired) electrons. The maximum atomic E-state index is 11.1. The minimum atomic E-state index is -3.22. The van der Waals surface area contributed by atoms with Gasteiger partial charge in [-0.1, -0.05) is 6.92 Å². The Kier molecular flexibility index (Phi) is 3.68. The van der Waals surface area contributed by atoms with Gasteiger partial charge >= 0.3 is 0 Å². The first-order valence-corrected chi connectivity index (χ1v) is 6.65. The summed E-state index contributed by atoms with van der Waals surface area (Å²) < 4.78 is 27.7. The zero-order chi connectivity index (χ0) is 11.5. The second kappa shape index (κ2) is 4.61. The molecule has 4 nitrogen and oxygen atoms in total. The highest BCUT2D eigenvalue weighted by Gasteiger charge is 2.09. The van der Waals surface area contributed by atoms with Crippen molar-refractivity contribution in [2.45, 2.75) is 31.4 Å². The van der Waals surface area contributed by atoms with Crippen molar-refractivity contribution in [3.63, 3.8) is 0 Å². The SMILES string of the molecule is CCC(C)Oc1ccc(S(C)(=O)=O)nc1. The first kappa shape index (κ1) is 12.0. The summed E-state index contributed by atoms with van der Waals surface area (Å²) >= 11 is 0. The van der Waals surface area contributed by atoms with Gasteiger partial charge in [0.15, 0.2) is 14.9 Å². The quantitative estimate of drug-likeness (QED) is 0.788. The average molecular weight is 229 g/mol. The van der Waals surface area contributed by atoms with Crippen LogP contribution in [0.3, 0.4) is 0 Å². The minimum Gasteiger partial charge on any atom is -0.489 e. The van der Waals surface area contributed by atoms with Crippen molar-refractivity contribution < 1.29 is 13.2 Å². The Labute approximate surface area is 90.2 Å². The normalized spacial score (nSPS) is 13.5. The first-order valence-electron chi connectivity index (χ1n) is 4.76. The molecule has 15 heavy (non-hydrogen) atoms. The molecule has 0 aromatic carbocycles. The molecule has 0 aliphatic rings. The fourth-order valence-electron chi connectivity index (χ4n) is 0.971. The second-order valence-corrected chi connectivity index (χ2v) is 5.40. The topological polar surface area (TPSA) is 56.3 Å². The summed E-state index contributed by atoms with van der Waals surface area (Å²) in [5, 5.41) is 0.0685. The molecule has 0 N–H and O–H groups in total. The van der Waals surface area contributed by atoms with Crippen LogP contribution in [-0.4, -0.2) is 25.8 Å². The molecular formula is C10H15NO3S. The van der Waals surface area contributed by atoms with Crippen LogP contribution in [0.2, 0.25) is 0 Å². The Balaban J connectivity index is 2.82. The van der Waals surface area contributed by atoms with Gasteiger partial charge in [-0.2, -0.15) is 0 Å². The van der Waals surface area contributed by atoms with E-state index >= 15 is 0 Å². The van der Waals surface area contributed by atoms with Gasteiger partial charge in [0.05, 0.1) is 12.3 Å². The molecular weight excluding hydrogens is 214 g/mol. The number of aromatic nitrogens is 1. The highest BCUT2D eigenvalue weighted by Crippen LogP contribution is 2.14. The van der Waals surface area contributed by atoms with Crippen LogP contribution >= 0.6 is 0 Å².